The number of anilines is 3. The molecule has 0 saturated heterocycles. The van der Waals surface area contributed by atoms with Crippen molar-refractivity contribution in [2.45, 2.75) is 0 Å². The minimum Gasteiger partial charge on any atom is -0.311 e. The predicted octanol–water partition coefficient (Wildman–Crippen LogP) is 13.0. The molecule has 0 aliphatic heterocycles. The van der Waals surface area contributed by atoms with Gasteiger partial charge in [0.15, 0.2) is 0 Å². The van der Waals surface area contributed by atoms with E-state index in [4.69, 9.17) is 0 Å². The van der Waals surface area contributed by atoms with Crippen LogP contribution in [0.3, 0.4) is 0 Å². The Labute approximate surface area is 296 Å². The highest BCUT2D eigenvalue weighted by Crippen LogP contribution is 2.46. The molecular weight excluding hydrogens is 619 g/mol. The fraction of sp³-hybridized carbons (Fsp3) is 0. The average Bonchev–Trinajstić information content (AvgIpc) is 3.73. The number of fused-ring (bicyclic) bond motifs is 7. The number of rotatable bonds is 6. The summed E-state index contributed by atoms with van der Waals surface area (Å²) >= 11 is 0. The molecule has 3 heteroatoms. The molecule has 2 heterocycles. The minimum absolute atomic E-state index is 1.11. The van der Waals surface area contributed by atoms with Gasteiger partial charge in [-0.3, -0.25) is 0 Å². The lowest BCUT2D eigenvalue weighted by molar-refractivity contribution is 1.15. The maximum absolute atomic E-state index is 2.47. The van der Waals surface area contributed by atoms with E-state index in [9.17, 15) is 0 Å². The molecule has 0 N–H and O–H groups in total. The van der Waals surface area contributed by atoms with Crippen LogP contribution in [0.5, 0.6) is 0 Å². The Morgan fingerprint density at radius 1 is 0.333 bits per heavy atom. The third-order valence-corrected chi connectivity index (χ3v) is 10.1. The second-order valence-electron chi connectivity index (χ2n) is 13.0. The maximum Gasteiger partial charge on any atom is 0.0795 e. The molecule has 3 nitrogen and oxygen atoms in total. The zero-order valence-electron chi connectivity index (χ0n) is 27.9. The van der Waals surface area contributed by atoms with Crippen LogP contribution >= 0.6 is 0 Å². The monoisotopic (exact) mass is 651 g/mol. The molecule has 0 fully saturated rings. The lowest BCUT2D eigenvalue weighted by Crippen LogP contribution is -2.09. The first kappa shape index (κ1) is 29.1. The van der Waals surface area contributed by atoms with E-state index in [1.165, 1.54) is 54.7 Å². The van der Waals surface area contributed by atoms with E-state index >= 15 is 0 Å². The molecule has 0 saturated carbocycles. The number of para-hydroxylation sites is 6. The summed E-state index contributed by atoms with van der Waals surface area (Å²) in [5.74, 6) is 0. The molecule has 0 bridgehead atoms. The summed E-state index contributed by atoms with van der Waals surface area (Å²) in [6.45, 7) is 0. The van der Waals surface area contributed by atoms with Gasteiger partial charge in [0, 0.05) is 50.0 Å². The van der Waals surface area contributed by atoms with Crippen molar-refractivity contribution in [1.29, 1.82) is 0 Å². The van der Waals surface area contributed by atoms with Crippen LogP contribution in [0.1, 0.15) is 0 Å². The van der Waals surface area contributed by atoms with Crippen LogP contribution in [0, 0.1) is 0 Å². The van der Waals surface area contributed by atoms with Gasteiger partial charge in [0.05, 0.1) is 22.1 Å². The first-order chi connectivity index (χ1) is 25.3. The van der Waals surface area contributed by atoms with E-state index in [0.29, 0.717) is 0 Å². The van der Waals surface area contributed by atoms with Crippen LogP contribution in [-0.4, -0.2) is 9.13 Å². The third kappa shape index (κ3) is 4.67. The van der Waals surface area contributed by atoms with Gasteiger partial charge >= 0.3 is 0 Å². The van der Waals surface area contributed by atoms with Gasteiger partial charge in [-0.15, -0.1) is 0 Å². The van der Waals surface area contributed by atoms with Crippen LogP contribution in [0.15, 0.2) is 200 Å². The van der Waals surface area contributed by atoms with Gasteiger partial charge in [0.1, 0.15) is 0 Å². The van der Waals surface area contributed by atoms with E-state index in [0.717, 1.165) is 28.4 Å². The summed E-state index contributed by atoms with van der Waals surface area (Å²) in [5.41, 5.74) is 12.8. The van der Waals surface area contributed by atoms with Gasteiger partial charge < -0.3 is 14.0 Å². The van der Waals surface area contributed by atoms with Gasteiger partial charge in [-0.05, 0) is 90.0 Å². The molecule has 0 amide bonds. The topological polar surface area (TPSA) is 13.1 Å². The fourth-order valence-corrected chi connectivity index (χ4v) is 7.91. The summed E-state index contributed by atoms with van der Waals surface area (Å²) in [6.07, 6.45) is 0. The van der Waals surface area contributed by atoms with Gasteiger partial charge in [-0.2, -0.15) is 0 Å². The normalized spacial score (nSPS) is 11.5. The minimum atomic E-state index is 1.11. The van der Waals surface area contributed by atoms with E-state index < -0.39 is 0 Å². The highest BCUT2D eigenvalue weighted by Gasteiger charge is 2.24. The molecule has 2 aromatic heterocycles. The predicted molar refractivity (Wildman–Crippen MR) is 215 cm³/mol. The molecule has 0 aliphatic rings. The zero-order chi connectivity index (χ0) is 33.7. The second-order valence-corrected chi connectivity index (χ2v) is 13.0. The third-order valence-electron chi connectivity index (χ3n) is 10.1. The number of hydrogen-bond donors (Lipinski definition) is 0. The maximum atomic E-state index is 2.47. The molecule has 0 atom stereocenters. The Morgan fingerprint density at radius 3 is 1.33 bits per heavy atom. The van der Waals surface area contributed by atoms with Gasteiger partial charge in [-0.25, -0.2) is 0 Å². The van der Waals surface area contributed by atoms with Crippen LogP contribution < -0.4 is 4.90 Å². The van der Waals surface area contributed by atoms with E-state index in [1.54, 1.807) is 0 Å². The van der Waals surface area contributed by atoms with Gasteiger partial charge in [0.2, 0.25) is 0 Å². The molecule has 10 rings (SSSR count). The van der Waals surface area contributed by atoms with Crippen molar-refractivity contribution in [1.82, 2.24) is 9.13 Å². The average molecular weight is 652 g/mol. The van der Waals surface area contributed by atoms with Crippen molar-refractivity contribution in [2.24, 2.45) is 0 Å². The lowest BCUT2D eigenvalue weighted by Gasteiger charge is -2.25. The van der Waals surface area contributed by atoms with Gasteiger partial charge in [0.25, 0.3) is 0 Å². The second kappa shape index (κ2) is 11.9. The number of hydrogen-bond acceptors (Lipinski definition) is 1. The van der Waals surface area contributed by atoms with Crippen molar-refractivity contribution in [3.05, 3.63) is 200 Å². The Hall–Kier alpha value is -6.84. The summed E-state index contributed by atoms with van der Waals surface area (Å²) in [7, 11) is 0. The van der Waals surface area contributed by atoms with Crippen molar-refractivity contribution < 1.29 is 0 Å². The Bertz CT molecular complexity index is 2780. The highest BCUT2D eigenvalue weighted by molar-refractivity contribution is 6.28. The number of benzene rings is 8. The van der Waals surface area contributed by atoms with Crippen molar-refractivity contribution in [3.8, 4) is 22.5 Å². The van der Waals surface area contributed by atoms with Crippen LogP contribution in [0.4, 0.5) is 17.1 Å². The molecule has 0 unspecified atom stereocenters. The lowest BCUT2D eigenvalue weighted by atomic mass is 9.96. The quantitative estimate of drug-likeness (QED) is 0.174. The molecule has 10 aromatic rings. The van der Waals surface area contributed by atoms with E-state index in [1.807, 2.05) is 0 Å². The summed E-state index contributed by atoms with van der Waals surface area (Å²) in [6, 6.07) is 72.0. The van der Waals surface area contributed by atoms with Gasteiger partial charge in [-0.1, -0.05) is 121 Å². The van der Waals surface area contributed by atoms with Crippen molar-refractivity contribution in [2.75, 3.05) is 4.90 Å². The standard InChI is InChI=1S/C48H33N3/c1-5-17-35(18-6-1)49(36-19-7-2-8-20-36)39-31-29-34(30-32-39)42-33-43-40-25-13-15-27-44(40)50(37-21-9-3-10-22-37)47(43)48-46(42)41-26-14-16-28-45(41)51(48)38-23-11-4-12-24-38/h1-33H. The molecule has 0 radical (unpaired) electrons. The van der Waals surface area contributed by atoms with Crippen LogP contribution in [0.2, 0.25) is 0 Å². The summed E-state index contributed by atoms with van der Waals surface area (Å²) in [5, 5.41) is 4.95. The first-order valence-corrected chi connectivity index (χ1v) is 17.5. The van der Waals surface area contributed by atoms with E-state index in [2.05, 4.69) is 214 Å². The molecule has 0 spiro atoms. The SMILES string of the molecule is c1ccc(N(c2ccccc2)c2ccc(-c3cc4c5ccccc5n(-c5ccccc5)c4c4c3c3ccccc3n4-c3ccccc3)cc2)cc1. The zero-order valence-corrected chi connectivity index (χ0v) is 27.9. The van der Waals surface area contributed by atoms with Crippen LogP contribution in [0.25, 0.3) is 66.1 Å². The Balaban J connectivity index is 1.31. The fourth-order valence-electron chi connectivity index (χ4n) is 7.91. The van der Waals surface area contributed by atoms with Crippen molar-refractivity contribution >= 4 is 60.7 Å². The highest BCUT2D eigenvalue weighted by atomic mass is 15.1. The Kier molecular flexibility index (Phi) is 6.81. The summed E-state index contributed by atoms with van der Waals surface area (Å²) in [4.78, 5) is 2.32. The van der Waals surface area contributed by atoms with Crippen LogP contribution in [-0.2, 0) is 0 Å². The number of aromatic nitrogens is 2. The van der Waals surface area contributed by atoms with E-state index in [-0.39, 0.29) is 0 Å². The first-order valence-electron chi connectivity index (χ1n) is 17.5. The molecular formula is C48H33N3. The Morgan fingerprint density at radius 2 is 0.765 bits per heavy atom. The molecule has 8 aromatic carbocycles. The smallest absolute Gasteiger partial charge is 0.0795 e. The van der Waals surface area contributed by atoms with Crippen molar-refractivity contribution in [3.63, 3.8) is 0 Å². The largest absolute Gasteiger partial charge is 0.311 e. The molecule has 0 aliphatic carbocycles. The molecule has 240 valence electrons. The molecule has 51 heavy (non-hydrogen) atoms. The number of nitrogens with zero attached hydrogens (tertiary/aromatic N) is 3. The summed E-state index contributed by atoms with van der Waals surface area (Å²) < 4.78 is 4.92.